The van der Waals surface area contributed by atoms with Crippen LogP contribution in [-0.4, -0.2) is 33.4 Å². The number of nitrogens with zero attached hydrogens (tertiary/aromatic N) is 1. The van der Waals surface area contributed by atoms with Crippen LogP contribution in [0.1, 0.15) is 0 Å². The van der Waals surface area contributed by atoms with E-state index in [2.05, 4.69) is 0 Å². The maximum Gasteiger partial charge on any atom is 0.142 e. The van der Waals surface area contributed by atoms with Gasteiger partial charge in [0.1, 0.15) is 18.5 Å². The Morgan fingerprint density at radius 1 is 1.43 bits per heavy atom. The van der Waals surface area contributed by atoms with Gasteiger partial charge in [0.05, 0.1) is 12.3 Å². The van der Waals surface area contributed by atoms with Crippen LogP contribution >= 0.6 is 0 Å². The lowest BCUT2D eigenvalue weighted by Crippen LogP contribution is -2.12. The molecule has 2 rings (SSSR count). The summed E-state index contributed by atoms with van der Waals surface area (Å²) in [6.07, 6.45) is 0.310. The fourth-order valence-electron chi connectivity index (χ4n) is 1.30. The second kappa shape index (κ2) is 3.88. The molecule has 1 heterocycles. The van der Waals surface area contributed by atoms with Crippen LogP contribution in [0.2, 0.25) is 0 Å². The molecule has 0 N–H and O–H groups in total. The van der Waals surface area contributed by atoms with Crippen molar-refractivity contribution in [3.63, 3.8) is 0 Å². The molecule has 1 unspecified atom stereocenters. The lowest BCUT2D eigenvalue weighted by atomic mass is 10.3. The Morgan fingerprint density at radius 2 is 2.14 bits per heavy atom. The molecule has 0 bridgehead atoms. The Hall–Kier alpha value is -1.22. The monoisotopic (exact) mass is 193 g/mol. The minimum atomic E-state index is 0.310. The second-order valence-electron chi connectivity index (χ2n) is 3.63. The third-order valence-corrected chi connectivity index (χ3v) is 2.17. The van der Waals surface area contributed by atoms with E-state index in [1.165, 1.54) is 0 Å². The summed E-state index contributed by atoms with van der Waals surface area (Å²) in [6, 6.07) is 8.02. The van der Waals surface area contributed by atoms with Crippen molar-refractivity contribution in [3.8, 4) is 5.75 Å². The Kier molecular flexibility index (Phi) is 2.59. The van der Waals surface area contributed by atoms with Gasteiger partial charge in [-0.2, -0.15) is 0 Å². The number of hydrogen-bond acceptors (Lipinski definition) is 3. The maximum absolute atomic E-state index is 5.66. The van der Waals surface area contributed by atoms with Gasteiger partial charge >= 0.3 is 0 Å². The van der Waals surface area contributed by atoms with Gasteiger partial charge in [-0.3, -0.25) is 0 Å². The van der Waals surface area contributed by atoms with E-state index >= 15 is 0 Å². The molecular weight excluding hydrogens is 178 g/mol. The van der Waals surface area contributed by atoms with E-state index in [-0.39, 0.29) is 0 Å². The van der Waals surface area contributed by atoms with Gasteiger partial charge in [0.15, 0.2) is 0 Å². The van der Waals surface area contributed by atoms with Crippen LogP contribution in [-0.2, 0) is 4.74 Å². The fraction of sp³-hybridized carbons (Fsp3) is 0.455. The zero-order chi connectivity index (χ0) is 9.97. The predicted molar refractivity (Wildman–Crippen MR) is 56.0 cm³/mol. The van der Waals surface area contributed by atoms with Gasteiger partial charge in [-0.05, 0) is 12.1 Å². The molecule has 1 aromatic carbocycles. The molecule has 0 radical (unpaired) electrons. The highest BCUT2D eigenvalue weighted by Gasteiger charge is 2.23. The van der Waals surface area contributed by atoms with E-state index in [9.17, 15) is 0 Å². The molecular formula is C11H15NO2. The summed E-state index contributed by atoms with van der Waals surface area (Å²) < 4.78 is 10.7. The molecule has 0 amide bonds. The lowest BCUT2D eigenvalue weighted by molar-refractivity contribution is 0.263. The average Bonchev–Trinajstić information content (AvgIpc) is 2.98. The van der Waals surface area contributed by atoms with Crippen molar-refractivity contribution >= 4 is 5.69 Å². The zero-order valence-electron chi connectivity index (χ0n) is 8.56. The van der Waals surface area contributed by atoms with E-state index in [1.54, 1.807) is 0 Å². The quantitative estimate of drug-likeness (QED) is 0.678. The van der Waals surface area contributed by atoms with E-state index in [4.69, 9.17) is 9.47 Å². The summed E-state index contributed by atoms with van der Waals surface area (Å²) in [7, 11) is 4.02. The van der Waals surface area contributed by atoms with Gasteiger partial charge in [-0.15, -0.1) is 0 Å². The number of epoxide rings is 1. The van der Waals surface area contributed by atoms with Gasteiger partial charge in [0, 0.05) is 14.1 Å². The van der Waals surface area contributed by atoms with Gasteiger partial charge < -0.3 is 14.4 Å². The summed E-state index contributed by atoms with van der Waals surface area (Å²) in [5.41, 5.74) is 1.10. The smallest absolute Gasteiger partial charge is 0.142 e. The summed E-state index contributed by atoms with van der Waals surface area (Å²) >= 11 is 0. The summed E-state index contributed by atoms with van der Waals surface area (Å²) in [5, 5.41) is 0. The number of rotatable bonds is 4. The van der Waals surface area contributed by atoms with Crippen molar-refractivity contribution in [2.45, 2.75) is 6.10 Å². The normalized spacial score (nSPS) is 19.1. The van der Waals surface area contributed by atoms with Gasteiger partial charge in [-0.1, -0.05) is 12.1 Å². The summed E-state index contributed by atoms with van der Waals surface area (Å²) in [4.78, 5) is 2.04. The van der Waals surface area contributed by atoms with Crippen molar-refractivity contribution in [1.82, 2.24) is 0 Å². The lowest BCUT2D eigenvalue weighted by Gasteiger charge is -2.17. The largest absolute Gasteiger partial charge is 0.489 e. The molecule has 0 aliphatic carbocycles. The molecule has 0 spiro atoms. The summed E-state index contributed by atoms with van der Waals surface area (Å²) in [6.45, 7) is 1.50. The van der Waals surface area contributed by atoms with Crippen molar-refractivity contribution in [3.05, 3.63) is 24.3 Å². The first-order chi connectivity index (χ1) is 6.77. The summed E-state index contributed by atoms with van der Waals surface area (Å²) in [5.74, 6) is 0.924. The Labute approximate surface area is 84.2 Å². The number of anilines is 1. The predicted octanol–water partition coefficient (Wildman–Crippen LogP) is 1.53. The number of para-hydroxylation sites is 2. The van der Waals surface area contributed by atoms with Crippen molar-refractivity contribution < 1.29 is 9.47 Å². The van der Waals surface area contributed by atoms with Crippen LogP contribution < -0.4 is 9.64 Å². The van der Waals surface area contributed by atoms with Crippen LogP contribution in [0.15, 0.2) is 24.3 Å². The highest BCUT2D eigenvalue weighted by atomic mass is 16.6. The number of hydrogen-bond donors (Lipinski definition) is 0. The molecule has 1 aliphatic heterocycles. The number of ether oxygens (including phenoxy) is 2. The van der Waals surface area contributed by atoms with Crippen LogP contribution in [0.3, 0.4) is 0 Å². The van der Waals surface area contributed by atoms with E-state index in [1.807, 2.05) is 43.3 Å². The highest BCUT2D eigenvalue weighted by Crippen LogP contribution is 2.26. The van der Waals surface area contributed by atoms with Gasteiger partial charge in [0.2, 0.25) is 0 Å². The minimum Gasteiger partial charge on any atom is -0.489 e. The van der Waals surface area contributed by atoms with Gasteiger partial charge in [-0.25, -0.2) is 0 Å². The molecule has 0 saturated carbocycles. The first-order valence-corrected chi connectivity index (χ1v) is 4.78. The third-order valence-electron chi connectivity index (χ3n) is 2.17. The molecule has 1 saturated heterocycles. The average molecular weight is 193 g/mol. The minimum absolute atomic E-state index is 0.310. The molecule has 3 heteroatoms. The topological polar surface area (TPSA) is 25.0 Å². The van der Waals surface area contributed by atoms with Crippen LogP contribution in [0.5, 0.6) is 5.75 Å². The first kappa shape index (κ1) is 9.34. The molecule has 0 aromatic heterocycles. The van der Waals surface area contributed by atoms with Crippen molar-refractivity contribution in [2.24, 2.45) is 0 Å². The molecule has 3 nitrogen and oxygen atoms in total. The highest BCUT2D eigenvalue weighted by molar-refractivity contribution is 5.57. The molecule has 1 aliphatic rings. The Balaban J connectivity index is 2.05. The maximum atomic E-state index is 5.66. The van der Waals surface area contributed by atoms with E-state index in [0.29, 0.717) is 12.7 Å². The molecule has 1 fully saturated rings. The molecule has 76 valence electrons. The van der Waals surface area contributed by atoms with E-state index < -0.39 is 0 Å². The standard InChI is InChI=1S/C11H15NO2/c1-12(2)10-5-3-4-6-11(10)14-8-9-7-13-9/h3-6,9H,7-8H2,1-2H3. The third kappa shape index (κ3) is 2.17. The van der Waals surface area contributed by atoms with Crippen LogP contribution in [0.25, 0.3) is 0 Å². The van der Waals surface area contributed by atoms with Crippen molar-refractivity contribution in [2.75, 3.05) is 32.2 Å². The van der Waals surface area contributed by atoms with Gasteiger partial charge in [0.25, 0.3) is 0 Å². The Bertz CT molecular complexity index is 308. The SMILES string of the molecule is CN(C)c1ccccc1OCC1CO1. The first-order valence-electron chi connectivity index (χ1n) is 4.78. The van der Waals surface area contributed by atoms with E-state index in [0.717, 1.165) is 18.0 Å². The number of benzene rings is 1. The van der Waals surface area contributed by atoms with Crippen LogP contribution in [0, 0.1) is 0 Å². The molecule has 14 heavy (non-hydrogen) atoms. The molecule has 1 atom stereocenters. The van der Waals surface area contributed by atoms with Crippen LogP contribution in [0.4, 0.5) is 5.69 Å². The fourth-order valence-corrected chi connectivity index (χ4v) is 1.30. The molecule has 1 aromatic rings. The van der Waals surface area contributed by atoms with Crippen molar-refractivity contribution in [1.29, 1.82) is 0 Å². The second-order valence-corrected chi connectivity index (χ2v) is 3.63. The Morgan fingerprint density at radius 3 is 2.79 bits per heavy atom. The zero-order valence-corrected chi connectivity index (χ0v) is 8.56.